The van der Waals surface area contributed by atoms with Crippen molar-refractivity contribution in [3.05, 3.63) is 54.4 Å². The van der Waals surface area contributed by atoms with Crippen molar-refractivity contribution in [1.82, 2.24) is 9.61 Å². The highest BCUT2D eigenvalue weighted by atomic mass is 16.1. The number of carbonyl (C=O) groups excluding carboxylic acids is 1. The fourth-order valence-electron chi connectivity index (χ4n) is 4.14. The standard InChI is InChI=1S/C22H27N5O/c1-21(2)18(9-10-22(21,3)24)26-19-16(20(23)28)12-25-27-13-15(11-17(19)27)14-7-5-4-6-8-14/h4-8,11-13,18,26H,9-10,24H2,1-3H3,(H2,23,28)/t18-,22+/m0/s1. The maximum absolute atomic E-state index is 12.1. The Bertz CT molecular complexity index is 1040. The van der Waals surface area contributed by atoms with Crippen molar-refractivity contribution in [3.8, 4) is 11.1 Å². The number of benzene rings is 1. The highest BCUT2D eigenvalue weighted by molar-refractivity contribution is 6.02. The van der Waals surface area contributed by atoms with Gasteiger partial charge in [0, 0.05) is 28.8 Å². The second-order valence-electron chi connectivity index (χ2n) is 8.60. The van der Waals surface area contributed by atoms with Gasteiger partial charge in [0.05, 0.1) is 23.0 Å². The Labute approximate surface area is 164 Å². The van der Waals surface area contributed by atoms with Crippen molar-refractivity contribution >= 4 is 17.1 Å². The molecule has 2 aromatic heterocycles. The molecular weight excluding hydrogens is 350 g/mol. The highest BCUT2D eigenvalue weighted by Crippen LogP contribution is 2.46. The van der Waals surface area contributed by atoms with Crippen molar-refractivity contribution in [2.45, 2.75) is 45.2 Å². The van der Waals surface area contributed by atoms with E-state index in [1.165, 1.54) is 6.20 Å². The smallest absolute Gasteiger partial charge is 0.252 e. The molecule has 1 fully saturated rings. The molecule has 1 saturated carbocycles. The Balaban J connectivity index is 1.83. The van der Waals surface area contributed by atoms with E-state index in [1.807, 2.05) is 30.5 Å². The van der Waals surface area contributed by atoms with Gasteiger partial charge < -0.3 is 16.8 Å². The molecule has 0 unspecified atom stereocenters. The third kappa shape index (κ3) is 2.85. The molecule has 146 valence electrons. The number of anilines is 1. The molecular formula is C22H27N5O. The molecule has 2 heterocycles. The molecule has 0 bridgehead atoms. The molecule has 0 aliphatic heterocycles. The lowest BCUT2D eigenvalue weighted by Crippen LogP contribution is -2.51. The summed E-state index contributed by atoms with van der Waals surface area (Å²) < 4.78 is 1.79. The minimum atomic E-state index is -0.494. The summed E-state index contributed by atoms with van der Waals surface area (Å²) in [6.45, 7) is 6.44. The third-order valence-electron chi connectivity index (χ3n) is 6.62. The van der Waals surface area contributed by atoms with E-state index in [4.69, 9.17) is 11.5 Å². The first-order valence-electron chi connectivity index (χ1n) is 9.63. The van der Waals surface area contributed by atoms with Gasteiger partial charge in [-0.15, -0.1) is 0 Å². The molecule has 1 aromatic carbocycles. The van der Waals surface area contributed by atoms with Gasteiger partial charge in [0.2, 0.25) is 0 Å². The molecule has 6 nitrogen and oxygen atoms in total. The van der Waals surface area contributed by atoms with Gasteiger partial charge in [-0.3, -0.25) is 4.79 Å². The molecule has 3 aromatic rings. The number of aromatic nitrogens is 2. The van der Waals surface area contributed by atoms with Crippen molar-refractivity contribution in [1.29, 1.82) is 0 Å². The second-order valence-corrected chi connectivity index (χ2v) is 8.60. The fraction of sp³-hybridized carbons (Fsp3) is 0.364. The second kappa shape index (κ2) is 6.34. The van der Waals surface area contributed by atoms with Crippen LogP contribution in [0.4, 0.5) is 5.69 Å². The molecule has 2 atom stereocenters. The number of hydrogen-bond acceptors (Lipinski definition) is 4. The van der Waals surface area contributed by atoms with Gasteiger partial charge >= 0.3 is 0 Å². The number of nitrogens with two attached hydrogens (primary N) is 2. The summed E-state index contributed by atoms with van der Waals surface area (Å²) in [6.07, 6.45) is 5.35. The molecule has 1 aliphatic carbocycles. The van der Waals surface area contributed by atoms with Crippen LogP contribution in [0.25, 0.3) is 16.6 Å². The molecule has 0 spiro atoms. The zero-order chi connectivity index (χ0) is 20.1. The predicted molar refractivity (Wildman–Crippen MR) is 112 cm³/mol. The molecule has 5 N–H and O–H groups in total. The third-order valence-corrected chi connectivity index (χ3v) is 6.62. The van der Waals surface area contributed by atoms with Crippen molar-refractivity contribution in [3.63, 3.8) is 0 Å². The molecule has 28 heavy (non-hydrogen) atoms. The summed E-state index contributed by atoms with van der Waals surface area (Å²) in [5.41, 5.74) is 15.9. The fourth-order valence-corrected chi connectivity index (χ4v) is 4.14. The Morgan fingerprint density at radius 1 is 1.21 bits per heavy atom. The lowest BCUT2D eigenvalue weighted by atomic mass is 9.75. The number of rotatable bonds is 4. The number of fused-ring (bicyclic) bond motifs is 1. The van der Waals surface area contributed by atoms with Crippen LogP contribution < -0.4 is 16.8 Å². The number of primary amides is 1. The van der Waals surface area contributed by atoms with E-state index in [1.54, 1.807) is 4.52 Å². The number of carbonyl (C=O) groups is 1. The van der Waals surface area contributed by atoms with E-state index in [-0.39, 0.29) is 17.0 Å². The zero-order valence-electron chi connectivity index (χ0n) is 16.6. The van der Waals surface area contributed by atoms with Crippen LogP contribution in [0.5, 0.6) is 0 Å². The van der Waals surface area contributed by atoms with Gasteiger partial charge in [-0.2, -0.15) is 5.10 Å². The van der Waals surface area contributed by atoms with E-state index in [0.29, 0.717) is 5.56 Å². The number of nitrogens with zero attached hydrogens (tertiary/aromatic N) is 2. The van der Waals surface area contributed by atoms with Gasteiger partial charge in [0.15, 0.2) is 0 Å². The van der Waals surface area contributed by atoms with Gasteiger partial charge in [-0.25, -0.2) is 4.52 Å². The Morgan fingerprint density at radius 3 is 2.54 bits per heavy atom. The van der Waals surface area contributed by atoms with E-state index >= 15 is 0 Å². The van der Waals surface area contributed by atoms with Crippen molar-refractivity contribution in [2.24, 2.45) is 16.9 Å². The van der Waals surface area contributed by atoms with Gasteiger partial charge in [-0.05, 0) is 31.4 Å². The quantitative estimate of drug-likeness (QED) is 0.649. The van der Waals surface area contributed by atoms with E-state index in [9.17, 15) is 4.79 Å². The van der Waals surface area contributed by atoms with Gasteiger partial charge in [0.25, 0.3) is 5.91 Å². The van der Waals surface area contributed by atoms with Gasteiger partial charge in [-0.1, -0.05) is 44.2 Å². The first-order chi connectivity index (χ1) is 13.2. The van der Waals surface area contributed by atoms with Crippen LogP contribution in [0.15, 0.2) is 48.8 Å². The Morgan fingerprint density at radius 2 is 1.93 bits per heavy atom. The molecule has 1 amide bonds. The summed E-state index contributed by atoms with van der Waals surface area (Å²) in [7, 11) is 0. The molecule has 6 heteroatoms. The highest BCUT2D eigenvalue weighted by Gasteiger charge is 2.49. The van der Waals surface area contributed by atoms with E-state index < -0.39 is 5.91 Å². The van der Waals surface area contributed by atoms with Crippen molar-refractivity contribution in [2.75, 3.05) is 5.32 Å². The lowest BCUT2D eigenvalue weighted by molar-refractivity contribution is 0.100. The molecule has 0 radical (unpaired) electrons. The first kappa shape index (κ1) is 18.5. The van der Waals surface area contributed by atoms with Crippen LogP contribution in [-0.4, -0.2) is 27.1 Å². The normalized spacial score (nSPS) is 23.8. The minimum absolute atomic E-state index is 0.127. The monoisotopic (exact) mass is 377 g/mol. The summed E-state index contributed by atoms with van der Waals surface area (Å²) in [5, 5.41) is 8.00. The number of nitrogens with one attached hydrogen (secondary N) is 1. The average Bonchev–Trinajstić information content (AvgIpc) is 3.17. The van der Waals surface area contributed by atoms with E-state index in [0.717, 1.165) is 35.2 Å². The first-order valence-corrected chi connectivity index (χ1v) is 9.63. The summed E-state index contributed by atoms with van der Waals surface area (Å²) in [4.78, 5) is 12.1. The topological polar surface area (TPSA) is 98.4 Å². The number of amides is 1. The average molecular weight is 377 g/mol. The predicted octanol–water partition coefficient (Wildman–Crippen LogP) is 3.42. The van der Waals surface area contributed by atoms with Crippen molar-refractivity contribution < 1.29 is 4.79 Å². The van der Waals surface area contributed by atoms with E-state index in [2.05, 4.69) is 43.3 Å². The zero-order valence-corrected chi connectivity index (χ0v) is 16.6. The van der Waals surface area contributed by atoms with Crippen LogP contribution in [-0.2, 0) is 0 Å². The largest absolute Gasteiger partial charge is 0.379 e. The Hall–Kier alpha value is -2.86. The maximum Gasteiger partial charge on any atom is 0.252 e. The molecule has 4 rings (SSSR count). The molecule has 0 saturated heterocycles. The van der Waals surface area contributed by atoms with Gasteiger partial charge in [0.1, 0.15) is 0 Å². The minimum Gasteiger partial charge on any atom is -0.379 e. The van der Waals surface area contributed by atoms with Crippen LogP contribution in [0.2, 0.25) is 0 Å². The maximum atomic E-state index is 12.1. The Kier molecular flexibility index (Phi) is 4.19. The lowest BCUT2D eigenvalue weighted by Gasteiger charge is -2.39. The van der Waals surface area contributed by atoms with Crippen LogP contribution in [0.3, 0.4) is 0 Å². The SMILES string of the molecule is CC1(C)[C@@H](Nc2c(C(N)=O)cnn3cc(-c4ccccc4)cc23)CC[C@@]1(C)N. The molecule has 1 aliphatic rings. The number of hydrogen-bond donors (Lipinski definition) is 3. The summed E-state index contributed by atoms with van der Waals surface area (Å²) >= 11 is 0. The van der Waals surface area contributed by atoms with Crippen LogP contribution in [0, 0.1) is 5.41 Å². The van der Waals surface area contributed by atoms with Crippen LogP contribution in [0.1, 0.15) is 44.0 Å². The summed E-state index contributed by atoms with van der Waals surface area (Å²) in [6, 6.07) is 12.3. The summed E-state index contributed by atoms with van der Waals surface area (Å²) in [5.74, 6) is -0.494. The van der Waals surface area contributed by atoms with Crippen LogP contribution >= 0.6 is 0 Å².